The van der Waals surface area contributed by atoms with Gasteiger partial charge in [-0.25, -0.2) is 9.78 Å². The Hall–Kier alpha value is -4.94. The third kappa shape index (κ3) is 5.42. The Labute approximate surface area is 238 Å². The molecule has 4 aromatic rings. The first-order valence-electron chi connectivity index (χ1n) is 13.6. The van der Waals surface area contributed by atoms with E-state index >= 15 is 0 Å². The van der Waals surface area contributed by atoms with Crippen molar-refractivity contribution in [2.75, 3.05) is 20.1 Å². The molecule has 2 atom stereocenters. The number of amides is 4. The summed E-state index contributed by atoms with van der Waals surface area (Å²) in [5.74, 6) is -0.285. The standard InChI is InChI=1S/C32H30N6O3/c1-35(32(41)34-19-24-11-6-3-7-12-24)37-22-30(39)38-28(18-23-9-4-2-5-10-23)31(40)36(21-29(37)38)20-25-14-15-27-26(17-25)13-8-16-33-27/h2-7,9-12,14-17,28-29H,18-22H2,1H3,(H,34,41)/t28-,29+/m0/s1. The van der Waals surface area contributed by atoms with Crippen LogP contribution in [0.1, 0.15) is 16.7 Å². The van der Waals surface area contributed by atoms with Gasteiger partial charge in [-0.15, -0.1) is 0 Å². The molecular formula is C32H30N6O3. The van der Waals surface area contributed by atoms with Gasteiger partial charge in [-0.2, -0.15) is 5.01 Å². The number of urea groups is 1. The van der Waals surface area contributed by atoms with E-state index in [1.807, 2.05) is 78.9 Å². The molecule has 2 aliphatic rings. The molecule has 6 rings (SSSR count). The van der Waals surface area contributed by atoms with E-state index in [1.54, 1.807) is 28.1 Å². The molecule has 3 aromatic carbocycles. The number of benzene rings is 3. The molecule has 206 valence electrons. The number of hydrogen-bond acceptors (Lipinski definition) is 5. The molecule has 0 radical (unpaired) electrons. The Balaban J connectivity index is 1.26. The van der Waals surface area contributed by atoms with E-state index in [1.165, 1.54) is 5.01 Å². The second-order valence-corrected chi connectivity index (χ2v) is 10.4. The van der Waals surface area contributed by atoms with Crippen molar-refractivity contribution in [2.45, 2.75) is 31.7 Å². The van der Waals surface area contributed by atoms with Crippen LogP contribution < -0.4 is 5.32 Å². The molecule has 0 spiro atoms. The number of piperazine rings is 1. The Morgan fingerprint density at radius 1 is 1.00 bits per heavy atom. The average Bonchev–Trinajstić information content (AvgIpc) is 3.34. The summed E-state index contributed by atoms with van der Waals surface area (Å²) in [7, 11) is 1.66. The Kier molecular flexibility index (Phi) is 7.23. The normalized spacial score (nSPS) is 18.8. The molecule has 4 amide bonds. The monoisotopic (exact) mass is 546 g/mol. The van der Waals surface area contributed by atoms with Crippen LogP contribution in [0.2, 0.25) is 0 Å². The molecule has 0 bridgehead atoms. The number of aromatic nitrogens is 1. The molecule has 9 heteroatoms. The molecule has 1 aromatic heterocycles. The van der Waals surface area contributed by atoms with E-state index in [0.717, 1.165) is 27.6 Å². The summed E-state index contributed by atoms with van der Waals surface area (Å²) < 4.78 is 0. The molecular weight excluding hydrogens is 516 g/mol. The fourth-order valence-corrected chi connectivity index (χ4v) is 5.62. The van der Waals surface area contributed by atoms with Crippen LogP contribution in [0, 0.1) is 12.1 Å². The second kappa shape index (κ2) is 11.3. The van der Waals surface area contributed by atoms with Crippen molar-refractivity contribution >= 4 is 28.7 Å². The highest BCUT2D eigenvalue weighted by molar-refractivity contribution is 5.92. The van der Waals surface area contributed by atoms with Crippen LogP contribution in [0.3, 0.4) is 0 Å². The fraction of sp³-hybridized carbons (Fsp3) is 0.250. The molecule has 0 saturated carbocycles. The Morgan fingerprint density at radius 3 is 2.49 bits per heavy atom. The third-order valence-corrected chi connectivity index (χ3v) is 7.71. The molecule has 9 nitrogen and oxygen atoms in total. The molecule has 2 aliphatic heterocycles. The molecule has 1 N–H and O–H groups in total. The van der Waals surface area contributed by atoms with Crippen LogP contribution in [-0.2, 0) is 29.1 Å². The van der Waals surface area contributed by atoms with Crippen LogP contribution in [-0.4, -0.2) is 75.0 Å². The van der Waals surface area contributed by atoms with Gasteiger partial charge < -0.3 is 15.1 Å². The highest BCUT2D eigenvalue weighted by atomic mass is 16.2. The zero-order valence-corrected chi connectivity index (χ0v) is 22.7. The van der Waals surface area contributed by atoms with Crippen molar-refractivity contribution in [3.8, 4) is 0 Å². The zero-order valence-electron chi connectivity index (χ0n) is 22.7. The topological polar surface area (TPSA) is 89.1 Å². The highest BCUT2D eigenvalue weighted by Gasteiger charge is 2.51. The summed E-state index contributed by atoms with van der Waals surface area (Å²) in [5.41, 5.74) is 3.68. The second-order valence-electron chi connectivity index (χ2n) is 10.4. The van der Waals surface area contributed by atoms with Gasteiger partial charge in [0.05, 0.1) is 30.2 Å². The first-order valence-corrected chi connectivity index (χ1v) is 13.6. The first kappa shape index (κ1) is 26.3. The highest BCUT2D eigenvalue weighted by Crippen LogP contribution is 2.30. The number of nitrogens with one attached hydrogen (secondary N) is 1. The van der Waals surface area contributed by atoms with Crippen molar-refractivity contribution in [1.29, 1.82) is 0 Å². The maximum absolute atomic E-state index is 14.0. The minimum atomic E-state index is -0.684. The fourth-order valence-electron chi connectivity index (χ4n) is 5.62. The van der Waals surface area contributed by atoms with Gasteiger partial charge >= 0.3 is 6.03 Å². The van der Waals surface area contributed by atoms with E-state index in [4.69, 9.17) is 0 Å². The Bertz CT molecular complexity index is 1560. The van der Waals surface area contributed by atoms with E-state index in [-0.39, 0.29) is 30.9 Å². The lowest BCUT2D eigenvalue weighted by atomic mass is 10.00. The molecule has 0 unspecified atom stereocenters. The lowest BCUT2D eigenvalue weighted by Crippen LogP contribution is -2.65. The van der Waals surface area contributed by atoms with Crippen LogP contribution in [0.15, 0.2) is 85.1 Å². The van der Waals surface area contributed by atoms with Gasteiger partial charge in [-0.1, -0.05) is 72.8 Å². The first-order chi connectivity index (χ1) is 20.0. The van der Waals surface area contributed by atoms with Crippen molar-refractivity contribution in [2.24, 2.45) is 0 Å². The number of rotatable bonds is 7. The number of nitrogens with zero attached hydrogens (tertiary/aromatic N) is 5. The van der Waals surface area contributed by atoms with Gasteiger partial charge in [0.1, 0.15) is 12.2 Å². The minimum absolute atomic E-state index is 0.0127. The SMILES string of the molecule is CN(C(=O)NCc1ccccc1)N1CC(=O)N2[C@@H](Cc3ccccc3)C(=O)N(Cc3ccc4ncc#cc4c3)C[C@@H]21. The summed E-state index contributed by atoms with van der Waals surface area (Å²) in [5, 5.41) is 6.98. The molecule has 41 heavy (non-hydrogen) atoms. The lowest BCUT2D eigenvalue weighted by molar-refractivity contribution is -0.157. The van der Waals surface area contributed by atoms with Crippen LogP contribution >= 0.6 is 0 Å². The van der Waals surface area contributed by atoms with Crippen molar-refractivity contribution in [1.82, 2.24) is 30.1 Å². The van der Waals surface area contributed by atoms with Gasteiger partial charge in [-0.05, 0) is 34.9 Å². The third-order valence-electron chi connectivity index (χ3n) is 7.71. The van der Waals surface area contributed by atoms with E-state index < -0.39 is 12.2 Å². The summed E-state index contributed by atoms with van der Waals surface area (Å²) >= 11 is 0. The lowest BCUT2D eigenvalue weighted by Gasteiger charge is -2.45. The smallest absolute Gasteiger partial charge is 0.332 e. The van der Waals surface area contributed by atoms with E-state index in [2.05, 4.69) is 22.4 Å². The van der Waals surface area contributed by atoms with Crippen LogP contribution in [0.5, 0.6) is 0 Å². The number of hydrazine groups is 1. The van der Waals surface area contributed by atoms with Crippen LogP contribution in [0.25, 0.3) is 10.9 Å². The summed E-state index contributed by atoms with van der Waals surface area (Å²) in [6, 6.07) is 30.2. The molecule has 2 saturated heterocycles. The van der Waals surface area contributed by atoms with Crippen molar-refractivity contribution < 1.29 is 14.4 Å². The van der Waals surface area contributed by atoms with Crippen molar-refractivity contribution in [3.05, 3.63) is 114 Å². The summed E-state index contributed by atoms with van der Waals surface area (Å²) in [6.07, 6.45) is 1.49. The summed E-state index contributed by atoms with van der Waals surface area (Å²) in [4.78, 5) is 48.3. The minimum Gasteiger partial charge on any atom is -0.333 e. The Morgan fingerprint density at radius 2 is 1.73 bits per heavy atom. The average molecular weight is 547 g/mol. The number of fused-ring (bicyclic) bond motifs is 2. The quantitative estimate of drug-likeness (QED) is 0.385. The van der Waals surface area contributed by atoms with Crippen LogP contribution in [0.4, 0.5) is 4.79 Å². The van der Waals surface area contributed by atoms with E-state index in [9.17, 15) is 14.4 Å². The van der Waals surface area contributed by atoms with Gasteiger partial charge in [-0.3, -0.25) is 14.6 Å². The van der Waals surface area contributed by atoms with Crippen molar-refractivity contribution in [3.63, 3.8) is 0 Å². The predicted octanol–water partition coefficient (Wildman–Crippen LogP) is 3.02. The molecule has 0 aliphatic carbocycles. The van der Waals surface area contributed by atoms with E-state index in [0.29, 0.717) is 19.5 Å². The largest absolute Gasteiger partial charge is 0.333 e. The zero-order chi connectivity index (χ0) is 28.3. The van der Waals surface area contributed by atoms with Gasteiger partial charge in [0.15, 0.2) is 0 Å². The molecule has 3 heterocycles. The number of carbonyl (C=O) groups is 3. The molecule has 2 fully saturated rings. The maximum atomic E-state index is 14.0. The summed E-state index contributed by atoms with van der Waals surface area (Å²) in [6.45, 7) is 1.01. The maximum Gasteiger partial charge on any atom is 0.332 e. The van der Waals surface area contributed by atoms with Gasteiger partial charge in [0.2, 0.25) is 11.8 Å². The number of carbonyl (C=O) groups excluding carboxylic acids is 3. The number of hydrogen-bond donors (Lipinski definition) is 1. The van der Waals surface area contributed by atoms with Gasteiger partial charge in [0, 0.05) is 26.6 Å². The predicted molar refractivity (Wildman–Crippen MR) is 153 cm³/mol. The van der Waals surface area contributed by atoms with Gasteiger partial charge in [0.25, 0.3) is 0 Å².